The number of fused-ring (bicyclic) bond motifs is 2. The Kier molecular flexibility index (Phi) is 4.36. The van der Waals surface area contributed by atoms with E-state index in [0.717, 1.165) is 0 Å². The molecule has 1 aromatic carbocycles. The second-order valence-corrected chi connectivity index (χ2v) is 6.97. The van der Waals surface area contributed by atoms with E-state index in [1.807, 2.05) is 0 Å². The average Bonchev–Trinajstić information content (AvgIpc) is 2.57. The Labute approximate surface area is 143 Å². The van der Waals surface area contributed by atoms with Crippen molar-refractivity contribution < 1.29 is 24.2 Å². The van der Waals surface area contributed by atoms with Gasteiger partial charge in [-0.15, -0.1) is 11.8 Å². The summed E-state index contributed by atoms with van der Waals surface area (Å²) in [7, 11) is 0. The lowest BCUT2D eigenvalue weighted by Gasteiger charge is -2.34. The Bertz CT molecular complexity index is 755. The number of carboxylic acid groups (broad SMARTS) is 1. The number of amides is 1. The molecule has 1 aromatic rings. The van der Waals surface area contributed by atoms with E-state index in [1.54, 1.807) is 38.1 Å². The number of hydrogen-bond donors (Lipinski definition) is 1. The Hall–Kier alpha value is -2.28. The summed E-state index contributed by atoms with van der Waals surface area (Å²) in [4.78, 5) is 37.4. The molecule has 0 spiro atoms. The third-order valence-corrected chi connectivity index (χ3v) is 5.20. The van der Waals surface area contributed by atoms with Crippen molar-refractivity contribution in [2.45, 2.75) is 26.0 Å². The normalized spacial score (nSPS) is 19.7. The number of hydrogen-bond acceptors (Lipinski definition) is 5. The molecule has 1 N–H and O–H groups in total. The number of allylic oxidation sites excluding steroid dienone is 1. The van der Waals surface area contributed by atoms with Crippen molar-refractivity contribution in [3.05, 3.63) is 40.3 Å². The zero-order valence-corrected chi connectivity index (χ0v) is 14.1. The molecule has 3 rings (SSSR count). The molecule has 24 heavy (non-hydrogen) atoms. The predicted octanol–water partition coefficient (Wildman–Crippen LogP) is 2.64. The number of thioether (sulfide) groups is 1. The average molecular weight is 347 g/mol. The quantitative estimate of drug-likeness (QED) is 0.846. The van der Waals surface area contributed by atoms with Gasteiger partial charge >= 0.3 is 6.09 Å². The summed E-state index contributed by atoms with van der Waals surface area (Å²) < 4.78 is 5.95. The number of carbonyl (C=O) groups excluding carboxylic acids is 2. The fraction of sp³-hybridized carbons (Fsp3) is 0.353. The minimum atomic E-state index is -1.01. The Morgan fingerprint density at radius 2 is 1.96 bits per heavy atom. The first-order valence-electron chi connectivity index (χ1n) is 7.62. The molecule has 1 aliphatic carbocycles. The molecule has 1 aliphatic heterocycles. The third-order valence-electron chi connectivity index (χ3n) is 4.00. The summed E-state index contributed by atoms with van der Waals surface area (Å²) in [6.45, 7) is 3.81. The van der Waals surface area contributed by atoms with Gasteiger partial charge in [-0.25, -0.2) is 4.79 Å². The SMILES string of the molecule is CC(C)N(CC1CSC2=C(O1)c1ccccc1C(=O)C2=O)C(=O)O. The molecule has 0 radical (unpaired) electrons. The first-order chi connectivity index (χ1) is 11.4. The van der Waals surface area contributed by atoms with Crippen LogP contribution in [0, 0.1) is 0 Å². The van der Waals surface area contributed by atoms with Crippen LogP contribution in [0.3, 0.4) is 0 Å². The monoisotopic (exact) mass is 347 g/mol. The van der Waals surface area contributed by atoms with Gasteiger partial charge in [0.05, 0.1) is 6.54 Å². The molecular formula is C17H17NO5S. The summed E-state index contributed by atoms with van der Waals surface area (Å²) in [6.07, 6.45) is -1.38. The van der Waals surface area contributed by atoms with Gasteiger partial charge in [0.2, 0.25) is 11.6 Å². The predicted molar refractivity (Wildman–Crippen MR) is 89.9 cm³/mol. The molecule has 126 valence electrons. The van der Waals surface area contributed by atoms with E-state index in [1.165, 1.54) is 16.7 Å². The molecule has 1 atom stereocenters. The lowest BCUT2D eigenvalue weighted by atomic mass is 9.93. The van der Waals surface area contributed by atoms with Gasteiger partial charge in [-0.1, -0.05) is 24.3 Å². The minimum absolute atomic E-state index is 0.173. The highest BCUT2D eigenvalue weighted by Gasteiger charge is 2.38. The zero-order chi connectivity index (χ0) is 17.4. The van der Waals surface area contributed by atoms with E-state index in [-0.39, 0.29) is 18.7 Å². The van der Waals surface area contributed by atoms with E-state index in [2.05, 4.69) is 0 Å². The maximum Gasteiger partial charge on any atom is 0.407 e. The topological polar surface area (TPSA) is 83.9 Å². The van der Waals surface area contributed by atoms with Crippen LogP contribution in [0.5, 0.6) is 0 Å². The van der Waals surface area contributed by atoms with Crippen molar-refractivity contribution in [2.75, 3.05) is 12.3 Å². The summed E-state index contributed by atoms with van der Waals surface area (Å²) >= 11 is 1.26. The maximum absolute atomic E-state index is 12.3. The van der Waals surface area contributed by atoms with Crippen LogP contribution < -0.4 is 0 Å². The number of ether oxygens (including phenoxy) is 1. The summed E-state index contributed by atoms with van der Waals surface area (Å²) in [5, 5.41) is 9.29. The van der Waals surface area contributed by atoms with Gasteiger partial charge in [0, 0.05) is 22.9 Å². The molecule has 0 bridgehead atoms. The van der Waals surface area contributed by atoms with Crippen molar-refractivity contribution in [1.29, 1.82) is 0 Å². The van der Waals surface area contributed by atoms with Crippen molar-refractivity contribution in [3.63, 3.8) is 0 Å². The number of nitrogens with zero attached hydrogens (tertiary/aromatic N) is 1. The van der Waals surface area contributed by atoms with Crippen LogP contribution in [0.25, 0.3) is 5.76 Å². The van der Waals surface area contributed by atoms with Gasteiger partial charge in [0.15, 0.2) is 0 Å². The van der Waals surface area contributed by atoms with Crippen LogP contribution in [0.1, 0.15) is 29.8 Å². The van der Waals surface area contributed by atoms with Crippen LogP contribution in [0.4, 0.5) is 4.79 Å². The highest BCUT2D eigenvalue weighted by molar-refractivity contribution is 8.04. The van der Waals surface area contributed by atoms with Crippen molar-refractivity contribution in [1.82, 2.24) is 4.90 Å². The van der Waals surface area contributed by atoms with Gasteiger partial charge in [0.25, 0.3) is 0 Å². The second-order valence-electron chi connectivity index (χ2n) is 5.94. The Balaban J connectivity index is 1.90. The van der Waals surface area contributed by atoms with E-state index in [0.29, 0.717) is 27.5 Å². The van der Waals surface area contributed by atoms with Crippen LogP contribution in [0.15, 0.2) is 29.2 Å². The number of ketones is 2. The van der Waals surface area contributed by atoms with Crippen LogP contribution in [-0.4, -0.2) is 52.1 Å². The van der Waals surface area contributed by atoms with Gasteiger partial charge in [-0.3, -0.25) is 9.59 Å². The molecule has 0 fully saturated rings. The second kappa shape index (κ2) is 6.32. The lowest BCUT2D eigenvalue weighted by molar-refractivity contribution is -0.111. The number of rotatable bonds is 3. The van der Waals surface area contributed by atoms with Gasteiger partial charge < -0.3 is 14.7 Å². The van der Waals surface area contributed by atoms with E-state index in [9.17, 15) is 19.5 Å². The minimum Gasteiger partial charge on any atom is -0.486 e. The van der Waals surface area contributed by atoms with Crippen LogP contribution >= 0.6 is 11.8 Å². The first-order valence-corrected chi connectivity index (χ1v) is 8.60. The molecule has 1 heterocycles. The molecule has 7 heteroatoms. The molecule has 1 amide bonds. The number of carbonyl (C=O) groups is 3. The summed E-state index contributed by atoms with van der Waals surface area (Å²) in [6, 6.07) is 6.66. The van der Waals surface area contributed by atoms with Crippen LogP contribution in [-0.2, 0) is 9.53 Å². The van der Waals surface area contributed by atoms with Crippen molar-refractivity contribution in [2.24, 2.45) is 0 Å². The fourth-order valence-corrected chi connectivity index (χ4v) is 3.81. The number of benzene rings is 1. The molecule has 2 aliphatic rings. The Morgan fingerprint density at radius 1 is 1.29 bits per heavy atom. The molecular weight excluding hydrogens is 330 g/mol. The van der Waals surface area contributed by atoms with Crippen LogP contribution in [0.2, 0.25) is 0 Å². The van der Waals surface area contributed by atoms with Crippen molar-refractivity contribution >= 4 is 35.2 Å². The standard InChI is InChI=1S/C17H17NO5S/c1-9(2)18(17(21)22)7-10-8-24-16-14(20)13(19)11-5-3-4-6-12(11)15(16)23-10/h3-6,9-10H,7-8H2,1-2H3,(H,21,22). The van der Waals surface area contributed by atoms with E-state index < -0.39 is 17.7 Å². The largest absolute Gasteiger partial charge is 0.486 e. The third kappa shape index (κ3) is 2.80. The van der Waals surface area contributed by atoms with Crippen molar-refractivity contribution in [3.8, 4) is 0 Å². The zero-order valence-electron chi connectivity index (χ0n) is 13.3. The van der Waals surface area contributed by atoms with E-state index in [4.69, 9.17) is 4.74 Å². The van der Waals surface area contributed by atoms with Gasteiger partial charge in [-0.2, -0.15) is 0 Å². The van der Waals surface area contributed by atoms with E-state index >= 15 is 0 Å². The smallest absolute Gasteiger partial charge is 0.407 e. The molecule has 0 aromatic heterocycles. The fourth-order valence-electron chi connectivity index (χ4n) is 2.77. The maximum atomic E-state index is 12.3. The highest BCUT2D eigenvalue weighted by atomic mass is 32.2. The first kappa shape index (κ1) is 16.6. The van der Waals surface area contributed by atoms with Gasteiger partial charge in [-0.05, 0) is 13.8 Å². The molecule has 1 unspecified atom stereocenters. The van der Waals surface area contributed by atoms with Gasteiger partial charge in [0.1, 0.15) is 16.8 Å². The molecule has 6 nitrogen and oxygen atoms in total. The summed E-state index contributed by atoms with van der Waals surface area (Å²) in [5.74, 6) is -0.249. The molecule has 0 saturated heterocycles. The number of Topliss-reactive ketones (excluding diaryl/α,β-unsaturated/α-hetero) is 2. The Morgan fingerprint density at radius 3 is 2.58 bits per heavy atom. The lowest BCUT2D eigenvalue weighted by Crippen LogP contribution is -2.44. The molecule has 0 saturated carbocycles. The summed E-state index contributed by atoms with van der Waals surface area (Å²) in [5.41, 5.74) is 0.933. The highest BCUT2D eigenvalue weighted by Crippen LogP contribution is 2.40.